The number of aromatic amines is 1. The van der Waals surface area contributed by atoms with Crippen LogP contribution in [0.25, 0.3) is 0 Å². The fraction of sp³-hybridized carbons (Fsp3) is 0.667. The van der Waals surface area contributed by atoms with Gasteiger partial charge in [-0.05, 0) is 19.4 Å². The van der Waals surface area contributed by atoms with Crippen molar-refractivity contribution < 1.29 is 0 Å². The number of fused-ring (bicyclic) bond motifs is 1. The molecule has 2 heterocycles. The summed E-state index contributed by atoms with van der Waals surface area (Å²) >= 11 is 0. The van der Waals surface area contributed by atoms with Gasteiger partial charge >= 0.3 is 0 Å². The molecule has 1 aromatic rings. The largest absolute Gasteiger partial charge is 0.311 e. The molecule has 4 nitrogen and oxygen atoms in total. The Bertz CT molecular complexity index is 417. The Morgan fingerprint density at radius 2 is 2.18 bits per heavy atom. The minimum absolute atomic E-state index is 0. The number of hydrogen-bond acceptors (Lipinski definition) is 3. The molecule has 0 unspecified atom stereocenters. The summed E-state index contributed by atoms with van der Waals surface area (Å²) in [6, 6.07) is 0. The molecule has 0 saturated carbocycles. The molecule has 0 aliphatic carbocycles. The van der Waals surface area contributed by atoms with E-state index in [9.17, 15) is 4.79 Å². The standard InChI is InChI=1S/C12H19N3O.ClH/c1-2-3-4-5-11-14-10-8-13-7-6-9(10)12(16)15-11;/h13H,2-8H2,1H3,(H,14,15,16);1H. The average Bonchev–Trinajstić information content (AvgIpc) is 2.30. The Labute approximate surface area is 108 Å². The van der Waals surface area contributed by atoms with Gasteiger partial charge in [-0.1, -0.05) is 19.8 Å². The molecule has 1 aliphatic heterocycles. The Morgan fingerprint density at radius 1 is 1.35 bits per heavy atom. The molecule has 1 aliphatic rings. The number of aromatic nitrogens is 2. The number of H-pyrrole nitrogens is 1. The van der Waals surface area contributed by atoms with Gasteiger partial charge in [0.1, 0.15) is 5.82 Å². The van der Waals surface area contributed by atoms with Crippen molar-refractivity contribution in [2.24, 2.45) is 0 Å². The first-order valence-corrected chi connectivity index (χ1v) is 6.13. The van der Waals surface area contributed by atoms with E-state index in [1.54, 1.807) is 0 Å². The number of nitrogens with zero attached hydrogens (tertiary/aromatic N) is 1. The molecule has 0 fully saturated rings. The van der Waals surface area contributed by atoms with Crippen LogP contribution in [0.5, 0.6) is 0 Å². The summed E-state index contributed by atoms with van der Waals surface area (Å²) in [5.41, 5.74) is 1.89. The van der Waals surface area contributed by atoms with Crippen molar-refractivity contribution in [3.63, 3.8) is 0 Å². The number of aryl methyl sites for hydroxylation is 1. The predicted molar refractivity (Wildman–Crippen MR) is 70.7 cm³/mol. The Hall–Kier alpha value is -0.870. The van der Waals surface area contributed by atoms with Crippen LogP contribution in [0.3, 0.4) is 0 Å². The molecule has 0 bridgehead atoms. The molecule has 2 rings (SSSR count). The maximum absolute atomic E-state index is 11.8. The fourth-order valence-electron chi connectivity index (χ4n) is 2.08. The van der Waals surface area contributed by atoms with E-state index < -0.39 is 0 Å². The van der Waals surface area contributed by atoms with Gasteiger partial charge in [0.15, 0.2) is 0 Å². The van der Waals surface area contributed by atoms with E-state index >= 15 is 0 Å². The predicted octanol–water partition coefficient (Wildman–Crippen LogP) is 1.57. The summed E-state index contributed by atoms with van der Waals surface area (Å²) < 4.78 is 0. The van der Waals surface area contributed by atoms with E-state index in [2.05, 4.69) is 22.2 Å². The topological polar surface area (TPSA) is 57.8 Å². The van der Waals surface area contributed by atoms with Crippen LogP contribution in [0.2, 0.25) is 0 Å². The zero-order valence-electron chi connectivity index (χ0n) is 10.2. The summed E-state index contributed by atoms with van der Waals surface area (Å²) in [6.45, 7) is 3.79. The first-order chi connectivity index (χ1) is 7.81. The third kappa shape index (κ3) is 3.54. The first-order valence-electron chi connectivity index (χ1n) is 6.13. The van der Waals surface area contributed by atoms with Crippen LogP contribution in [0.1, 0.15) is 43.3 Å². The summed E-state index contributed by atoms with van der Waals surface area (Å²) in [5.74, 6) is 0.848. The Morgan fingerprint density at radius 3 is 2.94 bits per heavy atom. The van der Waals surface area contributed by atoms with E-state index in [-0.39, 0.29) is 18.0 Å². The molecule has 17 heavy (non-hydrogen) atoms. The number of unbranched alkanes of at least 4 members (excludes halogenated alkanes) is 2. The molecular formula is C12H20ClN3O. The van der Waals surface area contributed by atoms with Gasteiger partial charge in [-0.3, -0.25) is 4.79 Å². The highest BCUT2D eigenvalue weighted by Gasteiger charge is 2.14. The quantitative estimate of drug-likeness (QED) is 0.805. The smallest absolute Gasteiger partial charge is 0.254 e. The summed E-state index contributed by atoms with van der Waals surface area (Å²) in [6.07, 6.45) is 5.17. The summed E-state index contributed by atoms with van der Waals surface area (Å²) in [5, 5.41) is 3.25. The second kappa shape index (κ2) is 6.77. The summed E-state index contributed by atoms with van der Waals surface area (Å²) in [7, 11) is 0. The number of halogens is 1. The van der Waals surface area contributed by atoms with Gasteiger partial charge < -0.3 is 10.3 Å². The van der Waals surface area contributed by atoms with Gasteiger partial charge in [0, 0.05) is 18.5 Å². The molecule has 0 amide bonds. The van der Waals surface area contributed by atoms with Gasteiger partial charge in [0.25, 0.3) is 5.56 Å². The Kier molecular flexibility index (Phi) is 5.65. The van der Waals surface area contributed by atoms with E-state index in [1.807, 2.05) is 0 Å². The SMILES string of the molecule is CCCCCc1nc2c(c(=O)[nH]1)CCNC2.Cl. The zero-order valence-corrected chi connectivity index (χ0v) is 11.0. The van der Waals surface area contributed by atoms with E-state index in [0.717, 1.165) is 49.4 Å². The third-order valence-corrected chi connectivity index (χ3v) is 3.01. The minimum atomic E-state index is 0. The molecule has 0 aromatic carbocycles. The third-order valence-electron chi connectivity index (χ3n) is 3.01. The van der Waals surface area contributed by atoms with Crippen molar-refractivity contribution in [3.05, 3.63) is 27.4 Å². The van der Waals surface area contributed by atoms with Crippen molar-refractivity contribution in [3.8, 4) is 0 Å². The molecule has 5 heteroatoms. The zero-order chi connectivity index (χ0) is 11.4. The van der Waals surface area contributed by atoms with Crippen LogP contribution in [-0.4, -0.2) is 16.5 Å². The molecule has 0 atom stereocenters. The summed E-state index contributed by atoms with van der Waals surface area (Å²) in [4.78, 5) is 19.2. The highest BCUT2D eigenvalue weighted by molar-refractivity contribution is 5.85. The lowest BCUT2D eigenvalue weighted by atomic mass is 10.1. The van der Waals surface area contributed by atoms with Crippen LogP contribution >= 0.6 is 12.4 Å². The highest BCUT2D eigenvalue weighted by atomic mass is 35.5. The highest BCUT2D eigenvalue weighted by Crippen LogP contribution is 2.08. The second-order valence-corrected chi connectivity index (χ2v) is 4.32. The number of nitrogens with one attached hydrogen (secondary N) is 2. The van der Waals surface area contributed by atoms with E-state index in [1.165, 1.54) is 12.8 Å². The van der Waals surface area contributed by atoms with Crippen LogP contribution in [0, 0.1) is 0 Å². The lowest BCUT2D eigenvalue weighted by molar-refractivity contribution is 0.604. The molecular weight excluding hydrogens is 238 g/mol. The molecule has 2 N–H and O–H groups in total. The monoisotopic (exact) mass is 257 g/mol. The van der Waals surface area contributed by atoms with E-state index in [4.69, 9.17) is 0 Å². The number of rotatable bonds is 4. The second-order valence-electron chi connectivity index (χ2n) is 4.32. The Balaban J connectivity index is 0.00000144. The molecule has 0 saturated heterocycles. The lowest BCUT2D eigenvalue weighted by Gasteiger charge is -2.15. The molecule has 0 radical (unpaired) electrons. The van der Waals surface area contributed by atoms with Gasteiger partial charge in [0.2, 0.25) is 0 Å². The van der Waals surface area contributed by atoms with Gasteiger partial charge in [-0.2, -0.15) is 0 Å². The molecule has 0 spiro atoms. The van der Waals surface area contributed by atoms with Crippen molar-refractivity contribution >= 4 is 12.4 Å². The van der Waals surface area contributed by atoms with Crippen LogP contribution in [0.15, 0.2) is 4.79 Å². The van der Waals surface area contributed by atoms with Gasteiger partial charge in [-0.15, -0.1) is 12.4 Å². The first kappa shape index (κ1) is 14.2. The maximum Gasteiger partial charge on any atom is 0.254 e. The van der Waals surface area contributed by atoms with Gasteiger partial charge in [-0.25, -0.2) is 4.98 Å². The van der Waals surface area contributed by atoms with Crippen LogP contribution < -0.4 is 10.9 Å². The van der Waals surface area contributed by atoms with Crippen LogP contribution in [-0.2, 0) is 19.4 Å². The molecule has 96 valence electrons. The van der Waals surface area contributed by atoms with Crippen molar-refractivity contribution in [1.29, 1.82) is 0 Å². The van der Waals surface area contributed by atoms with E-state index in [0.29, 0.717) is 0 Å². The van der Waals surface area contributed by atoms with Crippen LogP contribution in [0.4, 0.5) is 0 Å². The molecule has 1 aromatic heterocycles. The maximum atomic E-state index is 11.8. The number of hydrogen-bond donors (Lipinski definition) is 2. The van der Waals surface area contributed by atoms with Crippen molar-refractivity contribution in [2.75, 3.05) is 6.54 Å². The lowest BCUT2D eigenvalue weighted by Crippen LogP contribution is -2.31. The van der Waals surface area contributed by atoms with Crippen molar-refractivity contribution in [1.82, 2.24) is 15.3 Å². The fourth-order valence-corrected chi connectivity index (χ4v) is 2.08. The minimum Gasteiger partial charge on any atom is -0.311 e. The normalized spacial score (nSPS) is 13.9. The van der Waals surface area contributed by atoms with Crippen molar-refractivity contribution in [2.45, 2.75) is 45.6 Å². The average molecular weight is 258 g/mol. The van der Waals surface area contributed by atoms with Gasteiger partial charge in [0.05, 0.1) is 5.69 Å².